The van der Waals surface area contributed by atoms with Gasteiger partial charge in [0.15, 0.2) is 0 Å². The van der Waals surface area contributed by atoms with Gasteiger partial charge in [-0.25, -0.2) is 13.1 Å². The molecule has 3 rings (SSSR count). The molecular weight excluding hydrogens is 450 g/mol. The van der Waals surface area contributed by atoms with E-state index in [1.165, 1.54) is 0 Å². The van der Waals surface area contributed by atoms with Crippen LogP contribution in [0.3, 0.4) is 0 Å². The summed E-state index contributed by atoms with van der Waals surface area (Å²) in [6.45, 7) is 8.09. The molecule has 0 saturated carbocycles. The van der Waals surface area contributed by atoms with Crippen molar-refractivity contribution in [3.8, 4) is 6.07 Å². The molecule has 1 atom stereocenters. The van der Waals surface area contributed by atoms with Gasteiger partial charge in [-0.15, -0.1) is 0 Å². The highest BCUT2D eigenvalue weighted by molar-refractivity contribution is 9.10. The van der Waals surface area contributed by atoms with Crippen LogP contribution < -0.4 is 4.72 Å². The summed E-state index contributed by atoms with van der Waals surface area (Å²) in [5, 5.41) is 10.1. The zero-order chi connectivity index (χ0) is 21.3. The molecule has 0 amide bonds. The maximum absolute atomic E-state index is 13.1. The number of aromatic nitrogens is 1. The highest BCUT2D eigenvalue weighted by Gasteiger charge is 2.24. The zero-order valence-corrected chi connectivity index (χ0v) is 19.4. The highest BCUT2D eigenvalue weighted by Crippen LogP contribution is 2.28. The molecule has 0 aliphatic carbocycles. The molecule has 5 nitrogen and oxygen atoms in total. The van der Waals surface area contributed by atoms with E-state index < -0.39 is 10.0 Å². The number of sulfonamides is 1. The average Bonchev–Trinajstić information content (AvgIpc) is 2.94. The van der Waals surface area contributed by atoms with Crippen LogP contribution in [0, 0.1) is 32.1 Å². The van der Waals surface area contributed by atoms with Crippen LogP contribution in [0.2, 0.25) is 0 Å². The smallest absolute Gasteiger partial charge is 0.241 e. The van der Waals surface area contributed by atoms with E-state index in [0.29, 0.717) is 23.4 Å². The molecule has 0 saturated heterocycles. The molecule has 0 fully saturated rings. The first-order chi connectivity index (χ1) is 13.7. The molecular formula is C22H24BrN3O2S. The number of hydrogen-bond donors (Lipinski definition) is 1. The molecule has 7 heteroatoms. The van der Waals surface area contributed by atoms with E-state index in [-0.39, 0.29) is 6.04 Å². The second-order valence-electron chi connectivity index (χ2n) is 7.43. The summed E-state index contributed by atoms with van der Waals surface area (Å²) in [5.74, 6) is 0. The summed E-state index contributed by atoms with van der Waals surface area (Å²) in [6, 6.07) is 11.2. The molecule has 0 aliphatic rings. The molecule has 0 unspecified atom stereocenters. The van der Waals surface area contributed by atoms with E-state index in [1.54, 1.807) is 6.07 Å². The van der Waals surface area contributed by atoms with Gasteiger partial charge >= 0.3 is 0 Å². The van der Waals surface area contributed by atoms with Gasteiger partial charge in [0, 0.05) is 34.2 Å². The highest BCUT2D eigenvalue weighted by atomic mass is 79.9. The van der Waals surface area contributed by atoms with Gasteiger partial charge in [-0.2, -0.15) is 5.26 Å². The molecule has 1 heterocycles. The van der Waals surface area contributed by atoms with Gasteiger partial charge in [0.05, 0.1) is 16.5 Å². The minimum Gasteiger partial charge on any atom is -0.345 e. The number of nitrogens with one attached hydrogen (secondary N) is 1. The van der Waals surface area contributed by atoms with Gasteiger partial charge in [-0.3, -0.25) is 0 Å². The van der Waals surface area contributed by atoms with E-state index in [9.17, 15) is 8.42 Å². The van der Waals surface area contributed by atoms with E-state index >= 15 is 0 Å². The molecule has 0 bridgehead atoms. The third kappa shape index (κ3) is 4.40. The fourth-order valence-corrected chi connectivity index (χ4v) is 6.16. The Balaban J connectivity index is 1.92. The number of halogens is 1. The van der Waals surface area contributed by atoms with Crippen molar-refractivity contribution in [2.45, 2.75) is 51.6 Å². The Kier molecular flexibility index (Phi) is 6.18. The summed E-state index contributed by atoms with van der Waals surface area (Å²) in [5.41, 5.74) is 4.10. The maximum Gasteiger partial charge on any atom is 0.241 e. The number of benzene rings is 2. The van der Waals surface area contributed by atoms with Crippen LogP contribution in [0.1, 0.15) is 35.6 Å². The lowest BCUT2D eigenvalue weighted by Gasteiger charge is -2.20. The number of hydrogen-bond acceptors (Lipinski definition) is 3. The van der Waals surface area contributed by atoms with Crippen molar-refractivity contribution in [3.63, 3.8) is 0 Å². The van der Waals surface area contributed by atoms with Gasteiger partial charge in [0.25, 0.3) is 0 Å². The van der Waals surface area contributed by atoms with Crippen molar-refractivity contribution in [2.24, 2.45) is 0 Å². The zero-order valence-electron chi connectivity index (χ0n) is 17.0. The van der Waals surface area contributed by atoms with Crippen molar-refractivity contribution >= 4 is 36.9 Å². The van der Waals surface area contributed by atoms with Crippen molar-refractivity contribution in [2.75, 3.05) is 0 Å². The SMILES string of the molecule is CC[C@@H](Cn1cc(Br)c2cc(C#N)ccc21)NS(=O)(=O)c1c(C)cc(C)cc1C. The fourth-order valence-electron chi connectivity index (χ4n) is 3.83. The van der Waals surface area contributed by atoms with Crippen molar-refractivity contribution in [1.29, 1.82) is 5.26 Å². The summed E-state index contributed by atoms with van der Waals surface area (Å²) >= 11 is 3.55. The topological polar surface area (TPSA) is 74.9 Å². The molecule has 1 N–H and O–H groups in total. The largest absolute Gasteiger partial charge is 0.345 e. The molecule has 3 aromatic rings. The van der Waals surface area contributed by atoms with Crippen LogP contribution in [0.5, 0.6) is 0 Å². The Morgan fingerprint density at radius 1 is 1.17 bits per heavy atom. The van der Waals surface area contributed by atoms with E-state index in [0.717, 1.165) is 32.1 Å². The average molecular weight is 474 g/mol. The lowest BCUT2D eigenvalue weighted by atomic mass is 10.1. The maximum atomic E-state index is 13.1. The van der Waals surface area contributed by atoms with E-state index in [2.05, 4.69) is 26.7 Å². The van der Waals surface area contributed by atoms with Gasteiger partial charge in [0.1, 0.15) is 0 Å². The quantitative estimate of drug-likeness (QED) is 0.549. The lowest BCUT2D eigenvalue weighted by Crippen LogP contribution is -2.38. The first-order valence-corrected chi connectivity index (χ1v) is 11.7. The second kappa shape index (κ2) is 8.31. The van der Waals surface area contributed by atoms with Crippen LogP contribution in [-0.4, -0.2) is 19.0 Å². The standard InChI is InChI=1S/C22H24BrN3O2S/c1-5-18(25-29(27,28)22-15(3)8-14(2)9-16(22)4)12-26-13-20(23)19-10-17(11-24)6-7-21(19)26/h6-10,13,18,25H,5,12H2,1-4H3/t18-/m0/s1. The minimum absolute atomic E-state index is 0.266. The molecule has 0 aliphatic heterocycles. The summed E-state index contributed by atoms with van der Waals surface area (Å²) in [4.78, 5) is 0.360. The Bertz CT molecular complexity index is 1200. The number of fused-ring (bicyclic) bond motifs is 1. The Morgan fingerprint density at radius 3 is 2.41 bits per heavy atom. The van der Waals surface area contributed by atoms with Crippen LogP contribution >= 0.6 is 15.9 Å². The van der Waals surface area contributed by atoms with Gasteiger partial charge < -0.3 is 4.57 Å². The van der Waals surface area contributed by atoms with E-state index in [4.69, 9.17) is 5.26 Å². The predicted molar refractivity (Wildman–Crippen MR) is 119 cm³/mol. The molecule has 1 aromatic heterocycles. The number of aryl methyl sites for hydroxylation is 3. The predicted octanol–water partition coefficient (Wildman–Crippen LogP) is 4.96. The van der Waals surface area contributed by atoms with Crippen molar-refractivity contribution in [3.05, 3.63) is 63.3 Å². The van der Waals surface area contributed by atoms with Crippen molar-refractivity contribution < 1.29 is 8.42 Å². The number of rotatable bonds is 6. The number of nitrogens with zero attached hydrogens (tertiary/aromatic N) is 2. The molecule has 2 aromatic carbocycles. The Labute approximate surface area is 180 Å². The first kappa shape index (κ1) is 21.6. The minimum atomic E-state index is -3.65. The summed E-state index contributed by atoms with van der Waals surface area (Å²) in [7, 11) is -3.65. The molecule has 0 spiro atoms. The molecule has 0 radical (unpaired) electrons. The van der Waals surface area contributed by atoms with Crippen LogP contribution in [-0.2, 0) is 16.6 Å². The third-order valence-corrected chi connectivity index (χ3v) is 7.52. The number of nitriles is 1. The van der Waals surface area contributed by atoms with Crippen molar-refractivity contribution in [1.82, 2.24) is 9.29 Å². The van der Waals surface area contributed by atoms with Crippen LogP contribution in [0.25, 0.3) is 10.9 Å². The van der Waals surface area contributed by atoms with E-state index in [1.807, 2.05) is 62.7 Å². The lowest BCUT2D eigenvalue weighted by molar-refractivity contribution is 0.491. The van der Waals surface area contributed by atoms with Crippen LogP contribution in [0.4, 0.5) is 0 Å². The normalized spacial score (nSPS) is 12.8. The summed E-state index contributed by atoms with van der Waals surface area (Å²) < 4.78 is 32.1. The first-order valence-electron chi connectivity index (χ1n) is 9.45. The molecule has 152 valence electrons. The van der Waals surface area contributed by atoms with Gasteiger partial charge in [-0.1, -0.05) is 24.6 Å². The molecule has 29 heavy (non-hydrogen) atoms. The van der Waals surface area contributed by atoms with Gasteiger partial charge in [0.2, 0.25) is 10.0 Å². The van der Waals surface area contributed by atoms with Gasteiger partial charge in [-0.05, 0) is 72.4 Å². The second-order valence-corrected chi connectivity index (χ2v) is 9.93. The Hall–Kier alpha value is -2.14. The Morgan fingerprint density at radius 2 is 1.83 bits per heavy atom. The fraction of sp³-hybridized carbons (Fsp3) is 0.318. The monoisotopic (exact) mass is 473 g/mol. The summed E-state index contributed by atoms with van der Waals surface area (Å²) in [6.07, 6.45) is 2.59. The third-order valence-electron chi connectivity index (χ3n) is 5.07. The van der Waals surface area contributed by atoms with Crippen LogP contribution in [0.15, 0.2) is 45.9 Å².